The van der Waals surface area contributed by atoms with Crippen molar-refractivity contribution >= 4 is 20.2 Å². The summed E-state index contributed by atoms with van der Waals surface area (Å²) >= 11 is -0.132. The number of hydrogen-bond acceptors (Lipinski definition) is 6. The Bertz CT molecular complexity index is 1810. The fourth-order valence-electron chi connectivity index (χ4n) is 3.71. The van der Waals surface area contributed by atoms with Crippen molar-refractivity contribution in [2.45, 2.75) is 49.8 Å². The Balaban J connectivity index is 0.000000217. The summed E-state index contributed by atoms with van der Waals surface area (Å²) in [5.74, 6) is 0. The summed E-state index contributed by atoms with van der Waals surface area (Å²) in [6, 6.07) is 41.0. The van der Waals surface area contributed by atoms with Crippen LogP contribution in [0.5, 0.6) is 0 Å². The average molecular weight is 883 g/mol. The Labute approximate surface area is 294 Å². The molecule has 0 amide bonds. The van der Waals surface area contributed by atoms with Gasteiger partial charge >= 0.3 is 42.4 Å². The fourth-order valence-corrected chi connectivity index (χ4v) is 9.02. The van der Waals surface area contributed by atoms with Crippen molar-refractivity contribution in [3.8, 4) is 0 Å². The number of halogens is 2. The Morgan fingerprint density at radius 3 is 1.07 bits per heavy atom. The highest BCUT2D eigenvalue weighted by molar-refractivity contribution is 7.86. The maximum Gasteiger partial charge on any atom is 0.357 e. The summed E-state index contributed by atoms with van der Waals surface area (Å²) in [4.78, 5) is -0.355. The first-order valence-corrected chi connectivity index (χ1v) is 21.2. The number of hydrogen-bond donors (Lipinski definition) is 0. The van der Waals surface area contributed by atoms with Crippen LogP contribution in [0.4, 0.5) is 0 Å². The Kier molecular flexibility index (Phi) is 14.0. The quantitative estimate of drug-likeness (QED) is 0.186. The molecule has 0 bridgehead atoms. The molecule has 0 aliphatic rings. The zero-order valence-electron chi connectivity index (χ0n) is 26.1. The topological polar surface area (TPSA) is 114 Å². The number of aryl methyl sites for hydroxylation is 2. The van der Waals surface area contributed by atoms with Gasteiger partial charge in [0, 0.05) is 0 Å². The van der Waals surface area contributed by atoms with E-state index in [1.807, 2.05) is 13.8 Å². The molecule has 0 saturated heterocycles. The van der Waals surface area contributed by atoms with E-state index >= 15 is 0 Å². The van der Waals surface area contributed by atoms with Gasteiger partial charge in [-0.1, -0.05) is 86.5 Å². The van der Waals surface area contributed by atoms with Gasteiger partial charge in [0.1, 0.15) is 20.2 Å². The van der Waals surface area contributed by atoms with Gasteiger partial charge in [-0.2, -0.15) is 0 Å². The van der Waals surface area contributed by atoms with Crippen LogP contribution in [0.2, 0.25) is 0 Å². The highest BCUT2D eigenvalue weighted by Crippen LogP contribution is 2.20. The van der Waals surface area contributed by atoms with E-state index in [2.05, 4.69) is 99.6 Å². The van der Waals surface area contributed by atoms with Crippen molar-refractivity contribution in [1.82, 2.24) is 0 Å². The molecule has 10 heteroatoms. The third kappa shape index (κ3) is 13.2. The molecular formula is C36H36I2O6S2. The van der Waals surface area contributed by atoms with Gasteiger partial charge in [-0.3, -0.25) is 0 Å². The first-order chi connectivity index (χ1) is 21.5. The third-order valence-corrected chi connectivity index (χ3v) is 13.4. The van der Waals surface area contributed by atoms with Crippen molar-refractivity contribution in [3.63, 3.8) is 0 Å². The van der Waals surface area contributed by atoms with Gasteiger partial charge in [0.2, 0.25) is 0 Å². The van der Waals surface area contributed by atoms with E-state index in [0.717, 1.165) is 11.1 Å². The third-order valence-electron chi connectivity index (χ3n) is 6.30. The molecule has 6 nitrogen and oxygen atoms in total. The van der Waals surface area contributed by atoms with Crippen LogP contribution in [-0.4, -0.2) is 25.9 Å². The van der Waals surface area contributed by atoms with Crippen LogP contribution in [0.3, 0.4) is 0 Å². The van der Waals surface area contributed by atoms with Crippen LogP contribution < -0.4 is 42.4 Å². The minimum atomic E-state index is -4.27. The molecule has 0 radical (unpaired) electrons. The molecule has 0 unspecified atom stereocenters. The van der Waals surface area contributed by atoms with E-state index in [1.54, 1.807) is 24.3 Å². The van der Waals surface area contributed by atoms with Crippen molar-refractivity contribution < 1.29 is 68.4 Å². The molecule has 0 N–H and O–H groups in total. The highest BCUT2D eigenvalue weighted by atomic mass is 127. The molecule has 0 aliphatic carbocycles. The molecule has 0 fully saturated rings. The van der Waals surface area contributed by atoms with Crippen molar-refractivity contribution in [2.75, 3.05) is 0 Å². The first-order valence-electron chi connectivity index (χ1n) is 14.1. The van der Waals surface area contributed by atoms with Gasteiger partial charge < -0.3 is 9.11 Å². The summed E-state index contributed by atoms with van der Waals surface area (Å²) < 4.78 is 68.3. The Hall–Kier alpha value is -2.62. The fraction of sp³-hybridized carbons (Fsp3) is 0.167. The average Bonchev–Trinajstić information content (AvgIpc) is 2.99. The number of benzene rings is 5. The van der Waals surface area contributed by atoms with Crippen LogP contribution in [-0.2, 0) is 25.7 Å². The van der Waals surface area contributed by atoms with Crippen molar-refractivity contribution in [3.05, 3.63) is 158 Å². The SMILES string of the molecule is CC(C)(C)c1ccc([I+]c2ccc([I+]c3ccccc3)cc2)cc1.Cc1ccc(S(=O)(=O)[O-])cc1.Cc1ccc(S(=O)(=O)[O-])cc1. The summed E-state index contributed by atoms with van der Waals surface area (Å²) in [5.41, 5.74) is 3.51. The Morgan fingerprint density at radius 2 is 0.761 bits per heavy atom. The molecule has 242 valence electrons. The maximum atomic E-state index is 10.4. The lowest BCUT2D eigenvalue weighted by atomic mass is 9.87. The Morgan fingerprint density at radius 1 is 0.457 bits per heavy atom. The van der Waals surface area contributed by atoms with Gasteiger partial charge in [-0.25, -0.2) is 16.8 Å². The first kappa shape index (κ1) is 37.8. The maximum absolute atomic E-state index is 10.4. The van der Waals surface area contributed by atoms with Crippen LogP contribution in [0.1, 0.15) is 37.5 Å². The second kappa shape index (κ2) is 17.0. The molecule has 0 aromatic heterocycles. The molecule has 0 atom stereocenters. The van der Waals surface area contributed by atoms with E-state index < -0.39 is 20.2 Å². The van der Waals surface area contributed by atoms with Crippen LogP contribution in [0.25, 0.3) is 0 Å². The molecule has 0 aliphatic heterocycles. The van der Waals surface area contributed by atoms with Gasteiger partial charge in [-0.15, -0.1) is 0 Å². The van der Waals surface area contributed by atoms with Crippen molar-refractivity contribution in [2.24, 2.45) is 0 Å². The van der Waals surface area contributed by atoms with Crippen LogP contribution in [0.15, 0.2) is 137 Å². The minimum absolute atomic E-state index is 0.0502. The van der Waals surface area contributed by atoms with E-state index in [4.69, 9.17) is 0 Å². The van der Waals surface area contributed by atoms with Crippen LogP contribution in [0, 0.1) is 28.1 Å². The molecule has 5 aromatic carbocycles. The lowest BCUT2D eigenvalue weighted by Gasteiger charge is -2.18. The molecule has 46 heavy (non-hydrogen) atoms. The zero-order chi connectivity index (χ0) is 34.0. The monoisotopic (exact) mass is 882 g/mol. The van der Waals surface area contributed by atoms with E-state index in [-0.39, 0.29) is 57.6 Å². The lowest BCUT2D eigenvalue weighted by Crippen LogP contribution is -3.62. The standard InChI is InChI=1S/C22H22I2.2C7H8O3S/c1-22(2,3)17-9-11-19(12-10-17)24-21-15-13-20(14-16-21)23-18-7-5-4-6-8-18;2*1-6-2-4-7(5-3-6)11(8,9)10/h4-16H,1-3H3;2*2-5H,1H3,(H,8,9,10)/q+2;;/p-2. The summed E-state index contributed by atoms with van der Waals surface area (Å²) in [6.45, 7) is 10.4. The molecule has 5 aromatic rings. The van der Waals surface area contributed by atoms with Gasteiger partial charge in [0.05, 0.1) is 9.79 Å². The normalized spacial score (nSPS) is 11.5. The van der Waals surface area contributed by atoms with E-state index in [9.17, 15) is 25.9 Å². The molecule has 0 heterocycles. The molecule has 0 spiro atoms. The molecule has 5 rings (SSSR count). The molecular weight excluding hydrogens is 846 g/mol. The smallest absolute Gasteiger partial charge is 0.357 e. The molecule has 0 saturated carbocycles. The predicted molar refractivity (Wildman–Crippen MR) is 171 cm³/mol. The second-order valence-electron chi connectivity index (χ2n) is 11.2. The predicted octanol–water partition coefficient (Wildman–Crippen LogP) is 1.04. The van der Waals surface area contributed by atoms with E-state index in [1.165, 1.54) is 44.1 Å². The highest BCUT2D eigenvalue weighted by Gasteiger charge is 2.21. The largest absolute Gasteiger partial charge is 0.744 e. The van der Waals surface area contributed by atoms with Crippen LogP contribution >= 0.6 is 0 Å². The summed E-state index contributed by atoms with van der Waals surface area (Å²) in [6.07, 6.45) is 0. The lowest BCUT2D eigenvalue weighted by molar-refractivity contribution is -0.603. The minimum Gasteiger partial charge on any atom is -0.744 e. The zero-order valence-corrected chi connectivity index (χ0v) is 32.1. The van der Waals surface area contributed by atoms with Gasteiger partial charge in [0.25, 0.3) is 0 Å². The summed E-state index contributed by atoms with van der Waals surface area (Å²) in [7, 11) is -8.54. The van der Waals surface area contributed by atoms with Crippen molar-refractivity contribution in [1.29, 1.82) is 0 Å². The number of rotatable bonds is 6. The van der Waals surface area contributed by atoms with Gasteiger partial charge in [-0.05, 0) is 97.6 Å². The second-order valence-corrected chi connectivity index (χ2v) is 20.0. The van der Waals surface area contributed by atoms with E-state index in [0.29, 0.717) is 0 Å². The van der Waals surface area contributed by atoms with Gasteiger partial charge in [0.15, 0.2) is 14.3 Å². The summed E-state index contributed by atoms with van der Waals surface area (Å²) in [5, 5.41) is 0.